The Hall–Kier alpha value is -2.71. The molecule has 158 valence electrons. The van der Waals surface area contributed by atoms with Crippen LogP contribution in [0.5, 0.6) is 5.75 Å². The molecule has 1 aliphatic rings. The Balaban J connectivity index is 1.49. The molecule has 2 heterocycles. The van der Waals surface area contributed by atoms with Crippen molar-refractivity contribution in [2.75, 3.05) is 18.6 Å². The van der Waals surface area contributed by atoms with Crippen molar-refractivity contribution in [1.29, 1.82) is 0 Å². The highest BCUT2D eigenvalue weighted by atomic mass is 32.2. The van der Waals surface area contributed by atoms with Crippen molar-refractivity contribution in [2.24, 2.45) is 0 Å². The summed E-state index contributed by atoms with van der Waals surface area (Å²) in [6, 6.07) is 17.7. The molecule has 0 spiro atoms. The first-order chi connectivity index (χ1) is 14.5. The Bertz CT molecular complexity index is 1070. The minimum absolute atomic E-state index is 0.0680. The van der Waals surface area contributed by atoms with Crippen LogP contribution in [0.3, 0.4) is 0 Å². The molecule has 1 unspecified atom stereocenters. The topological polar surface area (TPSA) is 85.5 Å². The molecule has 1 saturated heterocycles. The monoisotopic (exact) mass is 427 g/mol. The quantitative estimate of drug-likeness (QED) is 0.546. The number of benzene rings is 2. The van der Waals surface area contributed by atoms with Gasteiger partial charge in [0.1, 0.15) is 5.75 Å². The second-order valence-corrected chi connectivity index (χ2v) is 9.81. The zero-order valence-electron chi connectivity index (χ0n) is 16.9. The summed E-state index contributed by atoms with van der Waals surface area (Å²) in [5.41, 5.74) is 2.19. The Labute approximate surface area is 176 Å². The molecule has 30 heavy (non-hydrogen) atoms. The Morgan fingerprint density at radius 3 is 2.50 bits per heavy atom. The lowest BCUT2D eigenvalue weighted by atomic mass is 10.1. The molecule has 4 rings (SSSR count). The Kier molecular flexibility index (Phi) is 6.15. The van der Waals surface area contributed by atoms with Gasteiger partial charge >= 0.3 is 0 Å². The van der Waals surface area contributed by atoms with E-state index in [1.807, 2.05) is 54.6 Å². The largest absolute Gasteiger partial charge is 0.497 e. The summed E-state index contributed by atoms with van der Waals surface area (Å²) >= 11 is 0. The number of ether oxygens (including phenoxy) is 1. The van der Waals surface area contributed by atoms with Crippen molar-refractivity contribution >= 4 is 9.84 Å². The number of nitrogens with zero attached hydrogens (tertiary/aromatic N) is 3. The van der Waals surface area contributed by atoms with Gasteiger partial charge in [-0.05, 0) is 29.7 Å². The second kappa shape index (κ2) is 8.97. The van der Waals surface area contributed by atoms with Crippen molar-refractivity contribution in [3.05, 3.63) is 77.4 Å². The van der Waals surface area contributed by atoms with Crippen LogP contribution < -0.4 is 4.74 Å². The Morgan fingerprint density at radius 1 is 1.07 bits per heavy atom. The fourth-order valence-corrected chi connectivity index (χ4v) is 5.48. The molecule has 3 aromatic rings. The lowest BCUT2D eigenvalue weighted by Crippen LogP contribution is -2.35. The molecular weight excluding hydrogens is 402 g/mol. The maximum Gasteiger partial charge on any atom is 0.240 e. The van der Waals surface area contributed by atoms with Crippen LogP contribution in [0.1, 0.15) is 29.3 Å². The van der Waals surface area contributed by atoms with Gasteiger partial charge in [0.15, 0.2) is 15.7 Å². The van der Waals surface area contributed by atoms with E-state index < -0.39 is 9.84 Å². The maximum absolute atomic E-state index is 12.0. The molecule has 1 aliphatic heterocycles. The van der Waals surface area contributed by atoms with Gasteiger partial charge in [-0.15, -0.1) is 0 Å². The van der Waals surface area contributed by atoms with Crippen molar-refractivity contribution in [1.82, 2.24) is 15.0 Å². The lowest BCUT2D eigenvalue weighted by Gasteiger charge is -2.26. The minimum atomic E-state index is -3.00. The summed E-state index contributed by atoms with van der Waals surface area (Å²) in [4.78, 5) is 6.65. The molecule has 0 radical (unpaired) electrons. The average Bonchev–Trinajstić information content (AvgIpc) is 3.34. The fourth-order valence-electron chi connectivity index (χ4n) is 3.72. The molecule has 7 nitrogen and oxygen atoms in total. The molecular formula is C22H25N3O4S. The summed E-state index contributed by atoms with van der Waals surface area (Å²) < 4.78 is 34.8. The fraction of sp³-hybridized carbons (Fsp3) is 0.364. The van der Waals surface area contributed by atoms with Crippen LogP contribution in [0.15, 0.2) is 59.1 Å². The molecule has 1 atom stereocenters. The first-order valence-electron chi connectivity index (χ1n) is 9.93. The predicted molar refractivity (Wildman–Crippen MR) is 113 cm³/mol. The van der Waals surface area contributed by atoms with E-state index in [1.54, 1.807) is 7.11 Å². The number of sulfone groups is 1. The third kappa shape index (κ3) is 5.25. The molecule has 1 aromatic heterocycles. The number of hydrogen-bond donors (Lipinski definition) is 0. The molecule has 0 bridgehead atoms. The van der Waals surface area contributed by atoms with Crippen LogP contribution >= 0.6 is 0 Å². The van der Waals surface area contributed by atoms with E-state index in [9.17, 15) is 8.42 Å². The first-order valence-corrected chi connectivity index (χ1v) is 11.8. The van der Waals surface area contributed by atoms with Crippen LogP contribution in [-0.2, 0) is 29.3 Å². The predicted octanol–water partition coefficient (Wildman–Crippen LogP) is 2.86. The highest BCUT2D eigenvalue weighted by molar-refractivity contribution is 7.91. The van der Waals surface area contributed by atoms with Crippen LogP contribution in [0.2, 0.25) is 0 Å². The van der Waals surface area contributed by atoms with Crippen LogP contribution in [0, 0.1) is 0 Å². The van der Waals surface area contributed by atoms with Gasteiger partial charge in [-0.1, -0.05) is 47.6 Å². The van der Waals surface area contributed by atoms with E-state index in [-0.39, 0.29) is 17.5 Å². The van der Waals surface area contributed by atoms with Crippen LogP contribution in [-0.4, -0.2) is 48.1 Å². The highest BCUT2D eigenvalue weighted by Crippen LogP contribution is 2.23. The van der Waals surface area contributed by atoms with E-state index in [0.717, 1.165) is 16.9 Å². The Morgan fingerprint density at radius 2 is 1.83 bits per heavy atom. The molecule has 1 fully saturated rings. The van der Waals surface area contributed by atoms with Crippen molar-refractivity contribution in [3.8, 4) is 5.75 Å². The zero-order valence-corrected chi connectivity index (χ0v) is 17.7. The van der Waals surface area contributed by atoms with E-state index >= 15 is 0 Å². The van der Waals surface area contributed by atoms with Crippen molar-refractivity contribution < 1.29 is 17.7 Å². The van der Waals surface area contributed by atoms with Crippen LogP contribution in [0.4, 0.5) is 0 Å². The van der Waals surface area contributed by atoms with E-state index in [0.29, 0.717) is 37.6 Å². The van der Waals surface area contributed by atoms with Gasteiger partial charge in [-0.2, -0.15) is 4.98 Å². The number of hydrogen-bond acceptors (Lipinski definition) is 7. The molecule has 8 heteroatoms. The average molecular weight is 428 g/mol. The van der Waals surface area contributed by atoms with Gasteiger partial charge in [0.2, 0.25) is 5.89 Å². The summed E-state index contributed by atoms with van der Waals surface area (Å²) in [5.74, 6) is 2.29. The number of rotatable bonds is 8. The van der Waals surface area contributed by atoms with Crippen LogP contribution in [0.25, 0.3) is 0 Å². The van der Waals surface area contributed by atoms with Crippen molar-refractivity contribution in [3.63, 3.8) is 0 Å². The SMILES string of the molecule is COc1ccc(CN(Cc2nc(Cc3ccccc3)no2)C2CCS(=O)(=O)C2)cc1. The van der Waals surface area contributed by atoms with Gasteiger partial charge in [0, 0.05) is 19.0 Å². The number of methoxy groups -OCH3 is 1. The smallest absolute Gasteiger partial charge is 0.240 e. The van der Waals surface area contributed by atoms with Gasteiger partial charge in [-0.25, -0.2) is 8.42 Å². The summed E-state index contributed by atoms with van der Waals surface area (Å²) in [6.45, 7) is 1.01. The van der Waals surface area contributed by atoms with E-state index in [2.05, 4.69) is 15.0 Å². The second-order valence-electron chi connectivity index (χ2n) is 7.58. The minimum Gasteiger partial charge on any atom is -0.497 e. The summed E-state index contributed by atoms with van der Waals surface area (Å²) in [6.07, 6.45) is 1.21. The van der Waals surface area contributed by atoms with Gasteiger partial charge in [0.05, 0.1) is 25.2 Å². The lowest BCUT2D eigenvalue weighted by molar-refractivity contribution is 0.169. The maximum atomic E-state index is 12.0. The highest BCUT2D eigenvalue weighted by Gasteiger charge is 2.33. The molecule has 0 N–H and O–H groups in total. The third-order valence-corrected chi connectivity index (χ3v) is 7.07. The first kappa shape index (κ1) is 20.6. The normalized spacial score (nSPS) is 18.0. The van der Waals surface area contributed by atoms with Gasteiger partial charge < -0.3 is 9.26 Å². The van der Waals surface area contributed by atoms with Gasteiger partial charge in [0.25, 0.3) is 0 Å². The van der Waals surface area contributed by atoms with E-state index in [1.165, 1.54) is 0 Å². The summed E-state index contributed by atoms with van der Waals surface area (Å²) in [7, 11) is -1.37. The molecule has 0 saturated carbocycles. The van der Waals surface area contributed by atoms with Gasteiger partial charge in [-0.3, -0.25) is 4.90 Å². The standard InChI is InChI=1S/C22H25N3O4S/c1-28-20-9-7-18(8-10-20)14-25(19-11-12-30(26,27)16-19)15-22-23-21(24-29-22)13-17-5-3-2-4-6-17/h2-10,19H,11-16H2,1H3. The van der Waals surface area contributed by atoms with E-state index in [4.69, 9.17) is 9.26 Å². The zero-order chi connectivity index (χ0) is 21.0. The van der Waals surface area contributed by atoms with Crippen molar-refractivity contribution in [2.45, 2.75) is 32.0 Å². The number of aromatic nitrogens is 2. The third-order valence-electron chi connectivity index (χ3n) is 5.32. The molecule has 0 amide bonds. The molecule has 0 aliphatic carbocycles. The summed E-state index contributed by atoms with van der Waals surface area (Å²) in [5, 5.41) is 4.10. The molecule has 2 aromatic carbocycles.